The van der Waals surface area contributed by atoms with Crippen molar-refractivity contribution >= 4 is 28.5 Å². The number of rotatable bonds is 3. The normalized spacial score (nSPS) is 19.5. The van der Waals surface area contributed by atoms with Gasteiger partial charge in [-0.25, -0.2) is 4.39 Å². The van der Waals surface area contributed by atoms with Crippen LogP contribution in [0, 0.1) is 5.82 Å². The number of carbonyl (C=O) groups is 2. The zero-order valence-corrected chi connectivity index (χ0v) is 18.6. The molecule has 1 aromatic heterocycles. The smallest absolute Gasteiger partial charge is 0.291 e. The fourth-order valence-electron chi connectivity index (χ4n) is 5.27. The Morgan fingerprint density at radius 3 is 2.49 bits per heavy atom. The molecule has 7 nitrogen and oxygen atoms in total. The van der Waals surface area contributed by atoms with Crippen molar-refractivity contribution in [3.05, 3.63) is 111 Å². The fourth-order valence-corrected chi connectivity index (χ4v) is 5.27. The van der Waals surface area contributed by atoms with Gasteiger partial charge in [-0.3, -0.25) is 14.4 Å². The number of aliphatic hydroxyl groups is 1. The molecule has 0 saturated carbocycles. The second kappa shape index (κ2) is 7.35. The molecule has 4 aromatic rings. The highest BCUT2D eigenvalue weighted by Crippen LogP contribution is 2.52. The zero-order chi connectivity index (χ0) is 24.5. The molecule has 0 radical (unpaired) electrons. The van der Waals surface area contributed by atoms with Gasteiger partial charge in [-0.15, -0.1) is 0 Å². The molecule has 2 atom stereocenters. The van der Waals surface area contributed by atoms with E-state index in [-0.39, 0.29) is 28.8 Å². The van der Waals surface area contributed by atoms with Gasteiger partial charge in [0, 0.05) is 18.3 Å². The number of benzene rings is 3. The van der Waals surface area contributed by atoms with Crippen LogP contribution in [-0.4, -0.2) is 35.4 Å². The topological polar surface area (TPSA) is 91.1 Å². The largest absolute Gasteiger partial charge is 0.450 e. The van der Waals surface area contributed by atoms with Crippen molar-refractivity contribution in [2.24, 2.45) is 0 Å². The average molecular weight is 470 g/mol. The first-order valence-electron chi connectivity index (χ1n) is 11.0. The molecule has 2 aliphatic heterocycles. The minimum atomic E-state index is -1.85. The van der Waals surface area contributed by atoms with Gasteiger partial charge in [0.25, 0.3) is 11.8 Å². The maximum Gasteiger partial charge on any atom is 0.291 e. The number of likely N-dealkylation sites (N-methyl/N-ethyl adjacent to an activating group) is 1. The van der Waals surface area contributed by atoms with Gasteiger partial charge in [-0.05, 0) is 29.8 Å². The Hall–Kier alpha value is -4.30. The lowest BCUT2D eigenvalue weighted by atomic mass is 9.83. The molecule has 0 saturated heterocycles. The van der Waals surface area contributed by atoms with E-state index in [2.05, 4.69) is 0 Å². The summed E-state index contributed by atoms with van der Waals surface area (Å²) in [6, 6.07) is 19.0. The van der Waals surface area contributed by atoms with Crippen molar-refractivity contribution in [2.45, 2.75) is 11.6 Å². The van der Waals surface area contributed by atoms with Crippen LogP contribution in [-0.2, 0) is 10.3 Å². The quantitative estimate of drug-likeness (QED) is 0.496. The van der Waals surface area contributed by atoms with Crippen LogP contribution in [0.5, 0.6) is 0 Å². The maximum absolute atomic E-state index is 14.1. The number of halogens is 1. The van der Waals surface area contributed by atoms with E-state index in [0.29, 0.717) is 16.8 Å². The Morgan fingerprint density at radius 1 is 1.00 bits per heavy atom. The first-order valence-corrected chi connectivity index (χ1v) is 11.0. The Balaban J connectivity index is 1.66. The Morgan fingerprint density at radius 2 is 1.71 bits per heavy atom. The molecule has 8 heteroatoms. The number of carbonyl (C=O) groups excluding carboxylic acids is 2. The van der Waals surface area contributed by atoms with E-state index in [1.54, 1.807) is 61.6 Å². The standard InChI is InChI=1S/C27H19FN2O5/c1-29-19-10-6-5-9-18(19)27(26(29)34)22-23(32)17-13-16(28)11-12-21(17)35-24(22)25(33)30(27)14-20(31)15-7-3-2-4-8-15/h2-13,20,31H,14H2,1H3. The fraction of sp³-hybridized carbons (Fsp3) is 0.148. The van der Waals surface area contributed by atoms with Crippen molar-refractivity contribution < 1.29 is 23.5 Å². The van der Waals surface area contributed by atoms with Crippen molar-refractivity contribution in [3.8, 4) is 0 Å². The average Bonchev–Trinajstić information content (AvgIpc) is 3.25. The minimum absolute atomic E-state index is 0.0381. The van der Waals surface area contributed by atoms with Crippen molar-refractivity contribution in [1.82, 2.24) is 4.90 Å². The number of para-hydroxylation sites is 1. The van der Waals surface area contributed by atoms with Gasteiger partial charge in [0.1, 0.15) is 11.4 Å². The molecular weight excluding hydrogens is 451 g/mol. The van der Waals surface area contributed by atoms with Crippen molar-refractivity contribution in [1.29, 1.82) is 0 Å². The summed E-state index contributed by atoms with van der Waals surface area (Å²) in [7, 11) is 1.56. The number of hydrogen-bond acceptors (Lipinski definition) is 5. The van der Waals surface area contributed by atoms with E-state index in [4.69, 9.17) is 4.42 Å². The number of fused-ring (bicyclic) bond motifs is 5. The number of anilines is 1. The first kappa shape index (κ1) is 21.2. The first-order chi connectivity index (χ1) is 16.9. The molecule has 3 aromatic carbocycles. The van der Waals surface area contributed by atoms with Gasteiger partial charge in [0.15, 0.2) is 11.0 Å². The van der Waals surface area contributed by atoms with E-state index < -0.39 is 34.7 Å². The summed E-state index contributed by atoms with van der Waals surface area (Å²) in [6.07, 6.45) is -1.14. The monoisotopic (exact) mass is 470 g/mol. The summed E-state index contributed by atoms with van der Waals surface area (Å²) in [6.45, 7) is -0.273. The third-order valence-corrected chi connectivity index (χ3v) is 6.87. The highest BCUT2D eigenvalue weighted by atomic mass is 19.1. The molecule has 2 aliphatic rings. The molecule has 35 heavy (non-hydrogen) atoms. The summed E-state index contributed by atoms with van der Waals surface area (Å²) < 4.78 is 19.9. The number of amides is 2. The molecule has 0 aliphatic carbocycles. The van der Waals surface area contributed by atoms with Gasteiger partial charge in [-0.2, -0.15) is 0 Å². The molecule has 6 rings (SSSR count). The van der Waals surface area contributed by atoms with Crippen LogP contribution in [0.1, 0.15) is 33.3 Å². The minimum Gasteiger partial charge on any atom is -0.450 e. The van der Waals surface area contributed by atoms with Gasteiger partial charge in [-0.1, -0.05) is 48.5 Å². The Kier molecular flexibility index (Phi) is 4.46. The third kappa shape index (κ3) is 2.71. The summed E-state index contributed by atoms with van der Waals surface area (Å²) in [5.74, 6) is -2.16. The SMILES string of the molecule is CN1C(=O)C2(c3ccccc31)c1c(oc3ccc(F)cc3c1=O)C(=O)N2CC(O)c1ccccc1. The summed E-state index contributed by atoms with van der Waals surface area (Å²) in [5, 5.41) is 11.0. The van der Waals surface area contributed by atoms with E-state index in [1.807, 2.05) is 0 Å². The van der Waals surface area contributed by atoms with Crippen LogP contribution in [0.3, 0.4) is 0 Å². The van der Waals surface area contributed by atoms with Crippen LogP contribution >= 0.6 is 0 Å². The molecule has 2 unspecified atom stereocenters. The number of nitrogens with zero attached hydrogens (tertiary/aromatic N) is 2. The predicted octanol–water partition coefficient (Wildman–Crippen LogP) is 3.34. The number of aliphatic hydroxyl groups excluding tert-OH is 1. The van der Waals surface area contributed by atoms with Crippen LogP contribution in [0.15, 0.2) is 82.0 Å². The Bertz CT molecular complexity index is 1600. The van der Waals surface area contributed by atoms with Crippen molar-refractivity contribution in [3.63, 3.8) is 0 Å². The molecule has 0 fully saturated rings. The summed E-state index contributed by atoms with van der Waals surface area (Å²) in [4.78, 5) is 44.2. The van der Waals surface area contributed by atoms with Crippen LogP contribution in [0.4, 0.5) is 10.1 Å². The van der Waals surface area contributed by atoms with E-state index in [9.17, 15) is 23.9 Å². The molecule has 1 N–H and O–H groups in total. The third-order valence-electron chi connectivity index (χ3n) is 6.87. The van der Waals surface area contributed by atoms with Gasteiger partial charge < -0.3 is 19.3 Å². The van der Waals surface area contributed by atoms with Gasteiger partial charge in [0.2, 0.25) is 5.76 Å². The highest BCUT2D eigenvalue weighted by molar-refractivity contribution is 6.16. The van der Waals surface area contributed by atoms with Gasteiger partial charge in [0.05, 0.1) is 23.6 Å². The molecule has 0 bridgehead atoms. The summed E-state index contributed by atoms with van der Waals surface area (Å²) >= 11 is 0. The summed E-state index contributed by atoms with van der Waals surface area (Å²) in [5.41, 5.74) is -1.15. The zero-order valence-electron chi connectivity index (χ0n) is 18.6. The van der Waals surface area contributed by atoms with E-state index >= 15 is 0 Å². The maximum atomic E-state index is 14.1. The van der Waals surface area contributed by atoms with Crippen LogP contribution < -0.4 is 10.3 Å². The van der Waals surface area contributed by atoms with E-state index in [0.717, 1.165) is 12.1 Å². The van der Waals surface area contributed by atoms with E-state index in [1.165, 1.54) is 15.9 Å². The lowest BCUT2D eigenvalue weighted by Gasteiger charge is -2.35. The lowest BCUT2D eigenvalue weighted by Crippen LogP contribution is -2.53. The highest BCUT2D eigenvalue weighted by Gasteiger charge is 2.64. The second-order valence-corrected chi connectivity index (χ2v) is 8.71. The number of hydrogen-bond donors (Lipinski definition) is 1. The Labute approximate surface area is 198 Å². The van der Waals surface area contributed by atoms with Crippen molar-refractivity contribution in [2.75, 3.05) is 18.5 Å². The number of β-amino-alcohol motifs (C(OH)–C–C–N with tert-alkyl or cyclic N) is 1. The molecule has 3 heterocycles. The van der Waals surface area contributed by atoms with Crippen LogP contribution in [0.25, 0.3) is 11.0 Å². The lowest BCUT2D eigenvalue weighted by molar-refractivity contribution is -0.126. The molecular formula is C27H19FN2O5. The molecule has 1 spiro atoms. The molecule has 174 valence electrons. The van der Waals surface area contributed by atoms with Crippen LogP contribution in [0.2, 0.25) is 0 Å². The van der Waals surface area contributed by atoms with Gasteiger partial charge >= 0.3 is 0 Å². The molecule has 2 amide bonds. The predicted molar refractivity (Wildman–Crippen MR) is 126 cm³/mol. The second-order valence-electron chi connectivity index (χ2n) is 8.71.